The zero-order valence-corrected chi connectivity index (χ0v) is 17.7. The molecule has 2 aromatic carbocycles. The van der Waals surface area contributed by atoms with Gasteiger partial charge in [-0.3, -0.25) is 9.44 Å². The van der Waals surface area contributed by atoms with Crippen molar-refractivity contribution in [2.75, 3.05) is 23.7 Å². The maximum Gasteiger partial charge on any atom is 0.266 e. The smallest absolute Gasteiger partial charge is 0.266 e. The van der Waals surface area contributed by atoms with Crippen molar-refractivity contribution < 1.29 is 26.3 Å². The molecule has 158 valence electrons. The lowest BCUT2D eigenvalue weighted by Gasteiger charge is -2.13. The van der Waals surface area contributed by atoms with Crippen LogP contribution in [0.1, 0.15) is 0 Å². The van der Waals surface area contributed by atoms with E-state index in [1.54, 1.807) is 24.3 Å². The normalized spacial score (nSPS) is 11.5. The standard InChI is InChI=1S/C19H19N3O6S2/c1-27-14-8-3-5-10-16(14)29(23,24)21-18-12-7-13-19(20-18)22-30(25,26)17-11-6-4-9-15(17)28-2/h3-13H,1-2H3,(H2,20,21,22). The molecule has 9 nitrogen and oxygen atoms in total. The van der Waals surface area contributed by atoms with Gasteiger partial charge in [0.1, 0.15) is 32.9 Å². The van der Waals surface area contributed by atoms with E-state index in [0.717, 1.165) is 0 Å². The molecule has 30 heavy (non-hydrogen) atoms. The molecule has 3 aromatic rings. The van der Waals surface area contributed by atoms with E-state index in [9.17, 15) is 16.8 Å². The third kappa shape index (κ3) is 4.63. The summed E-state index contributed by atoms with van der Waals surface area (Å²) in [6, 6.07) is 16.5. The molecule has 11 heteroatoms. The van der Waals surface area contributed by atoms with Gasteiger partial charge in [-0.25, -0.2) is 21.8 Å². The van der Waals surface area contributed by atoms with Gasteiger partial charge in [0, 0.05) is 0 Å². The minimum absolute atomic E-state index is 0.0684. The molecular weight excluding hydrogens is 430 g/mol. The molecule has 1 heterocycles. The number of methoxy groups -OCH3 is 2. The van der Waals surface area contributed by atoms with Gasteiger partial charge < -0.3 is 9.47 Å². The van der Waals surface area contributed by atoms with Crippen LogP contribution in [0.5, 0.6) is 11.5 Å². The Morgan fingerprint density at radius 3 is 1.43 bits per heavy atom. The molecular formula is C19H19N3O6S2. The van der Waals surface area contributed by atoms with E-state index in [1.807, 2.05) is 0 Å². The second-order valence-electron chi connectivity index (χ2n) is 5.92. The van der Waals surface area contributed by atoms with Crippen LogP contribution >= 0.6 is 0 Å². The summed E-state index contributed by atoms with van der Waals surface area (Å²) >= 11 is 0. The number of sulfonamides is 2. The maximum atomic E-state index is 12.7. The third-order valence-corrected chi connectivity index (χ3v) is 6.73. The fourth-order valence-electron chi connectivity index (χ4n) is 2.62. The molecule has 0 spiro atoms. The van der Waals surface area contributed by atoms with Gasteiger partial charge in [-0.2, -0.15) is 0 Å². The summed E-state index contributed by atoms with van der Waals surface area (Å²) in [7, 11) is -5.31. The van der Waals surface area contributed by atoms with Crippen LogP contribution in [0.4, 0.5) is 11.6 Å². The topological polar surface area (TPSA) is 124 Å². The van der Waals surface area contributed by atoms with E-state index in [1.165, 1.54) is 56.7 Å². The van der Waals surface area contributed by atoms with E-state index < -0.39 is 20.0 Å². The van der Waals surface area contributed by atoms with Gasteiger partial charge in [0.05, 0.1) is 14.2 Å². The number of pyridine rings is 1. The number of benzene rings is 2. The highest BCUT2D eigenvalue weighted by atomic mass is 32.2. The molecule has 1 aromatic heterocycles. The lowest BCUT2D eigenvalue weighted by molar-refractivity contribution is 0.402. The van der Waals surface area contributed by atoms with Gasteiger partial charge in [0.15, 0.2) is 0 Å². The zero-order chi connectivity index (χ0) is 21.8. The largest absolute Gasteiger partial charge is 0.495 e. The first kappa shape index (κ1) is 21.4. The Hall–Kier alpha value is -3.31. The Bertz CT molecular complexity index is 1170. The highest BCUT2D eigenvalue weighted by molar-refractivity contribution is 7.93. The van der Waals surface area contributed by atoms with Crippen molar-refractivity contribution in [1.29, 1.82) is 0 Å². The zero-order valence-electron chi connectivity index (χ0n) is 16.1. The first-order chi connectivity index (χ1) is 14.3. The molecule has 0 saturated carbocycles. The molecule has 0 atom stereocenters. The minimum Gasteiger partial charge on any atom is -0.495 e. The van der Waals surface area contributed by atoms with Crippen molar-refractivity contribution in [3.63, 3.8) is 0 Å². The van der Waals surface area contributed by atoms with E-state index in [0.29, 0.717) is 0 Å². The number of hydrogen-bond donors (Lipinski definition) is 2. The lowest BCUT2D eigenvalue weighted by Crippen LogP contribution is -2.17. The van der Waals surface area contributed by atoms with Crippen LogP contribution < -0.4 is 18.9 Å². The van der Waals surface area contributed by atoms with Gasteiger partial charge >= 0.3 is 0 Å². The van der Waals surface area contributed by atoms with Crippen LogP contribution in [0.3, 0.4) is 0 Å². The van der Waals surface area contributed by atoms with E-state index in [2.05, 4.69) is 14.4 Å². The van der Waals surface area contributed by atoms with Crippen LogP contribution in [0.15, 0.2) is 76.5 Å². The van der Waals surface area contributed by atoms with Gasteiger partial charge in [0.25, 0.3) is 20.0 Å². The van der Waals surface area contributed by atoms with Gasteiger partial charge in [-0.05, 0) is 36.4 Å². The average molecular weight is 450 g/mol. The second kappa shape index (κ2) is 8.59. The number of anilines is 2. The monoisotopic (exact) mass is 449 g/mol. The molecule has 0 fully saturated rings. The van der Waals surface area contributed by atoms with Crippen molar-refractivity contribution >= 4 is 31.7 Å². The first-order valence-corrected chi connectivity index (χ1v) is 11.5. The van der Waals surface area contributed by atoms with Crippen molar-refractivity contribution in [3.05, 3.63) is 66.7 Å². The average Bonchev–Trinajstić information content (AvgIpc) is 2.73. The summed E-state index contributed by atoms with van der Waals surface area (Å²) in [5, 5.41) is 0. The Morgan fingerprint density at radius 1 is 0.633 bits per heavy atom. The molecule has 2 N–H and O–H groups in total. The number of nitrogens with one attached hydrogen (secondary N) is 2. The molecule has 0 amide bonds. The first-order valence-electron chi connectivity index (χ1n) is 8.55. The highest BCUT2D eigenvalue weighted by Crippen LogP contribution is 2.27. The summed E-state index contributed by atoms with van der Waals surface area (Å²) in [5.74, 6) is 0.193. The second-order valence-corrected chi connectivity index (χ2v) is 9.22. The van der Waals surface area contributed by atoms with Crippen molar-refractivity contribution in [3.8, 4) is 11.5 Å². The Morgan fingerprint density at radius 2 is 1.03 bits per heavy atom. The Balaban J connectivity index is 1.88. The summed E-state index contributed by atoms with van der Waals surface area (Å²) in [4.78, 5) is 3.89. The summed E-state index contributed by atoms with van der Waals surface area (Å²) in [6.07, 6.45) is 0. The molecule has 0 bridgehead atoms. The molecule has 0 saturated heterocycles. The summed E-state index contributed by atoms with van der Waals surface area (Å²) < 4.78 is 65.6. The van der Waals surface area contributed by atoms with E-state index >= 15 is 0 Å². The van der Waals surface area contributed by atoms with E-state index in [-0.39, 0.29) is 32.9 Å². The number of aromatic nitrogens is 1. The molecule has 0 aliphatic carbocycles. The van der Waals surface area contributed by atoms with Crippen LogP contribution in [0, 0.1) is 0 Å². The van der Waals surface area contributed by atoms with Crippen molar-refractivity contribution in [2.24, 2.45) is 0 Å². The van der Waals surface area contributed by atoms with Gasteiger partial charge in [-0.15, -0.1) is 0 Å². The van der Waals surface area contributed by atoms with Crippen molar-refractivity contribution in [2.45, 2.75) is 9.79 Å². The SMILES string of the molecule is COc1ccccc1S(=O)(=O)Nc1cccc(NS(=O)(=O)c2ccccc2OC)n1. The molecule has 0 unspecified atom stereocenters. The Kier molecular flexibility index (Phi) is 6.13. The van der Waals surface area contributed by atoms with Crippen LogP contribution in [-0.2, 0) is 20.0 Å². The number of ether oxygens (including phenoxy) is 2. The van der Waals surface area contributed by atoms with E-state index in [4.69, 9.17) is 9.47 Å². The Labute approximate surface area is 174 Å². The fraction of sp³-hybridized carbons (Fsp3) is 0.105. The summed E-state index contributed by atoms with van der Waals surface area (Å²) in [6.45, 7) is 0. The van der Waals surface area contributed by atoms with Crippen LogP contribution in [0.2, 0.25) is 0 Å². The predicted octanol–water partition coefficient (Wildman–Crippen LogP) is 2.70. The van der Waals surface area contributed by atoms with Crippen LogP contribution in [0.25, 0.3) is 0 Å². The van der Waals surface area contributed by atoms with Gasteiger partial charge in [0.2, 0.25) is 0 Å². The molecule has 0 aliphatic rings. The van der Waals surface area contributed by atoms with Crippen molar-refractivity contribution in [1.82, 2.24) is 4.98 Å². The molecule has 0 aliphatic heterocycles. The highest BCUT2D eigenvalue weighted by Gasteiger charge is 2.22. The number of para-hydroxylation sites is 2. The maximum absolute atomic E-state index is 12.7. The van der Waals surface area contributed by atoms with Crippen LogP contribution in [-0.4, -0.2) is 36.0 Å². The number of rotatable bonds is 8. The van der Waals surface area contributed by atoms with Gasteiger partial charge in [-0.1, -0.05) is 30.3 Å². The third-order valence-electron chi connectivity index (χ3n) is 3.94. The predicted molar refractivity (Wildman–Crippen MR) is 112 cm³/mol. The molecule has 0 radical (unpaired) electrons. The quantitative estimate of drug-likeness (QED) is 0.542. The molecule has 3 rings (SSSR count). The summed E-state index contributed by atoms with van der Waals surface area (Å²) in [5.41, 5.74) is 0. The lowest BCUT2D eigenvalue weighted by atomic mass is 10.3. The fourth-order valence-corrected chi connectivity index (χ4v) is 4.96. The minimum atomic E-state index is -4.01. The number of hydrogen-bond acceptors (Lipinski definition) is 7. The number of nitrogens with zero attached hydrogens (tertiary/aromatic N) is 1.